The normalized spacial score (nSPS) is 16.2. The first-order valence-corrected chi connectivity index (χ1v) is 4.71. The van der Waals surface area contributed by atoms with Crippen molar-refractivity contribution in [1.82, 2.24) is 5.32 Å². The van der Waals surface area contributed by atoms with Crippen LogP contribution in [-0.4, -0.2) is 19.2 Å². The number of ether oxygens (including phenoxy) is 1. The Morgan fingerprint density at radius 1 is 1.33 bits per heavy atom. The van der Waals surface area contributed by atoms with Crippen LogP contribution in [0.25, 0.3) is 0 Å². The van der Waals surface area contributed by atoms with E-state index in [-0.39, 0.29) is 12.2 Å². The van der Waals surface area contributed by atoms with E-state index in [1.165, 1.54) is 12.8 Å². The number of alkyl carbamates (subject to hydrolysis) is 1. The van der Waals surface area contributed by atoms with Crippen molar-refractivity contribution in [3.63, 3.8) is 0 Å². The maximum Gasteiger partial charge on any atom is 0.407 e. The van der Waals surface area contributed by atoms with E-state index in [9.17, 15) is 4.79 Å². The van der Waals surface area contributed by atoms with Crippen LogP contribution in [0.15, 0.2) is 0 Å². The summed E-state index contributed by atoms with van der Waals surface area (Å²) in [6.07, 6.45) is 4.34. The third kappa shape index (κ3) is 4.21. The summed E-state index contributed by atoms with van der Waals surface area (Å²) >= 11 is 0. The molecule has 3 heteroatoms. The predicted octanol–water partition coefficient (Wildman–Crippen LogP) is 2.31. The second kappa shape index (κ2) is 6.95. The highest BCUT2D eigenvalue weighted by Gasteiger charge is 2.17. The predicted molar refractivity (Wildman–Crippen MR) is 49.1 cm³/mol. The minimum Gasteiger partial charge on any atom is -0.446 e. The quantitative estimate of drug-likeness (QED) is 0.660. The van der Waals surface area contributed by atoms with Crippen molar-refractivity contribution in [2.75, 3.05) is 7.05 Å². The zero-order valence-corrected chi connectivity index (χ0v) is 8.22. The molecule has 1 amide bonds. The molecule has 72 valence electrons. The van der Waals surface area contributed by atoms with Gasteiger partial charge in [-0.3, -0.25) is 0 Å². The highest BCUT2D eigenvalue weighted by molar-refractivity contribution is 5.66. The average Bonchev–Trinajstić information content (AvgIpc) is 2.60. The monoisotopic (exact) mass is 173 g/mol. The van der Waals surface area contributed by atoms with E-state index >= 15 is 0 Å². The van der Waals surface area contributed by atoms with Gasteiger partial charge in [-0.1, -0.05) is 13.8 Å². The molecule has 1 saturated carbocycles. The SMILES string of the molecule is CC.CNC(=O)OC1CCCC1. The van der Waals surface area contributed by atoms with Gasteiger partial charge in [0.05, 0.1) is 0 Å². The van der Waals surface area contributed by atoms with E-state index in [1.54, 1.807) is 7.05 Å². The lowest BCUT2D eigenvalue weighted by Gasteiger charge is -2.09. The lowest BCUT2D eigenvalue weighted by molar-refractivity contribution is 0.103. The molecule has 0 atom stereocenters. The molecule has 1 fully saturated rings. The zero-order chi connectivity index (χ0) is 9.40. The molecule has 3 nitrogen and oxygen atoms in total. The van der Waals surface area contributed by atoms with Gasteiger partial charge >= 0.3 is 6.09 Å². The number of rotatable bonds is 1. The van der Waals surface area contributed by atoms with Gasteiger partial charge in [0.25, 0.3) is 0 Å². The lowest BCUT2D eigenvalue weighted by Crippen LogP contribution is -2.24. The molecule has 12 heavy (non-hydrogen) atoms. The standard InChI is InChI=1S/C7H13NO2.C2H6/c1-8-7(9)10-6-4-2-3-5-6;1-2/h6H,2-5H2,1H3,(H,8,9);1-2H3. The van der Waals surface area contributed by atoms with Gasteiger partial charge < -0.3 is 10.1 Å². The number of amides is 1. The van der Waals surface area contributed by atoms with Crippen molar-refractivity contribution in [3.8, 4) is 0 Å². The number of carbonyl (C=O) groups excluding carboxylic acids is 1. The van der Waals surface area contributed by atoms with Gasteiger partial charge in [0.15, 0.2) is 0 Å². The molecule has 0 aromatic rings. The summed E-state index contributed by atoms with van der Waals surface area (Å²) in [6, 6.07) is 0. The minimum atomic E-state index is -0.299. The molecule has 1 aliphatic carbocycles. The van der Waals surface area contributed by atoms with Crippen LogP contribution in [0.2, 0.25) is 0 Å². The molecule has 1 rings (SSSR count). The van der Waals surface area contributed by atoms with Gasteiger partial charge in [-0.05, 0) is 25.7 Å². The molecule has 0 aromatic heterocycles. The van der Waals surface area contributed by atoms with Gasteiger partial charge in [-0.15, -0.1) is 0 Å². The first-order chi connectivity index (χ1) is 5.83. The molecule has 0 spiro atoms. The van der Waals surface area contributed by atoms with Crippen LogP contribution >= 0.6 is 0 Å². The van der Waals surface area contributed by atoms with Gasteiger partial charge in [0.2, 0.25) is 0 Å². The van der Waals surface area contributed by atoms with Crippen molar-refractivity contribution in [2.24, 2.45) is 0 Å². The van der Waals surface area contributed by atoms with Crippen LogP contribution in [0.1, 0.15) is 39.5 Å². The van der Waals surface area contributed by atoms with E-state index in [1.807, 2.05) is 13.8 Å². The number of hydrogen-bond acceptors (Lipinski definition) is 2. The number of hydrogen-bond donors (Lipinski definition) is 1. The first-order valence-electron chi connectivity index (χ1n) is 4.71. The summed E-state index contributed by atoms with van der Waals surface area (Å²) in [4.78, 5) is 10.6. The van der Waals surface area contributed by atoms with Crippen LogP contribution in [0, 0.1) is 0 Å². The third-order valence-corrected chi connectivity index (χ3v) is 1.78. The largest absolute Gasteiger partial charge is 0.446 e. The molecule has 1 aliphatic rings. The van der Waals surface area contributed by atoms with Crippen LogP contribution in [0.5, 0.6) is 0 Å². The van der Waals surface area contributed by atoms with Crippen LogP contribution in [0.4, 0.5) is 4.79 Å². The fraction of sp³-hybridized carbons (Fsp3) is 0.889. The smallest absolute Gasteiger partial charge is 0.407 e. The Morgan fingerprint density at radius 3 is 2.25 bits per heavy atom. The minimum absolute atomic E-state index is 0.181. The molecule has 0 aliphatic heterocycles. The second-order valence-corrected chi connectivity index (χ2v) is 2.56. The lowest BCUT2D eigenvalue weighted by atomic mass is 10.3. The highest BCUT2D eigenvalue weighted by Crippen LogP contribution is 2.20. The van der Waals surface area contributed by atoms with E-state index < -0.39 is 0 Å². The Morgan fingerprint density at radius 2 is 1.83 bits per heavy atom. The van der Waals surface area contributed by atoms with E-state index in [4.69, 9.17) is 4.74 Å². The summed E-state index contributed by atoms with van der Waals surface area (Å²) in [5.41, 5.74) is 0. The number of carbonyl (C=O) groups is 1. The Kier molecular flexibility index (Phi) is 6.53. The maximum absolute atomic E-state index is 10.6. The fourth-order valence-electron chi connectivity index (χ4n) is 1.22. The Balaban J connectivity index is 0.000000561. The van der Waals surface area contributed by atoms with Crippen molar-refractivity contribution < 1.29 is 9.53 Å². The topological polar surface area (TPSA) is 38.3 Å². The molecular formula is C9H19NO2. The molecule has 0 bridgehead atoms. The zero-order valence-electron chi connectivity index (χ0n) is 8.22. The molecule has 1 N–H and O–H groups in total. The highest BCUT2D eigenvalue weighted by atomic mass is 16.6. The van der Waals surface area contributed by atoms with Crippen LogP contribution in [0.3, 0.4) is 0 Å². The van der Waals surface area contributed by atoms with E-state index in [2.05, 4.69) is 5.32 Å². The Bertz CT molecular complexity index is 120. The summed E-state index contributed by atoms with van der Waals surface area (Å²) in [7, 11) is 1.58. The molecular weight excluding hydrogens is 154 g/mol. The van der Waals surface area contributed by atoms with E-state index in [0.717, 1.165) is 12.8 Å². The number of nitrogens with one attached hydrogen (secondary N) is 1. The molecule has 0 unspecified atom stereocenters. The van der Waals surface area contributed by atoms with Crippen molar-refractivity contribution in [2.45, 2.75) is 45.6 Å². The maximum atomic E-state index is 10.6. The van der Waals surface area contributed by atoms with E-state index in [0.29, 0.717) is 0 Å². The molecule has 0 aromatic carbocycles. The van der Waals surface area contributed by atoms with Gasteiger partial charge in [-0.2, -0.15) is 0 Å². The Hall–Kier alpha value is -0.730. The molecule has 0 saturated heterocycles. The van der Waals surface area contributed by atoms with Crippen molar-refractivity contribution >= 4 is 6.09 Å². The Labute approximate surface area is 74.5 Å². The summed E-state index contributed by atoms with van der Waals surface area (Å²) in [6.45, 7) is 4.00. The van der Waals surface area contributed by atoms with Crippen molar-refractivity contribution in [1.29, 1.82) is 0 Å². The summed E-state index contributed by atoms with van der Waals surface area (Å²) < 4.78 is 5.01. The summed E-state index contributed by atoms with van der Waals surface area (Å²) in [5, 5.41) is 2.43. The fourth-order valence-corrected chi connectivity index (χ4v) is 1.22. The van der Waals surface area contributed by atoms with Crippen molar-refractivity contribution in [3.05, 3.63) is 0 Å². The van der Waals surface area contributed by atoms with Gasteiger partial charge in [0, 0.05) is 7.05 Å². The molecule has 0 radical (unpaired) electrons. The molecule has 0 heterocycles. The van der Waals surface area contributed by atoms with Gasteiger partial charge in [0.1, 0.15) is 6.10 Å². The van der Waals surface area contributed by atoms with Crippen LogP contribution in [-0.2, 0) is 4.74 Å². The van der Waals surface area contributed by atoms with Gasteiger partial charge in [-0.25, -0.2) is 4.79 Å². The summed E-state index contributed by atoms with van der Waals surface area (Å²) in [5.74, 6) is 0. The second-order valence-electron chi connectivity index (χ2n) is 2.56. The third-order valence-electron chi connectivity index (χ3n) is 1.78. The first kappa shape index (κ1) is 11.3. The van der Waals surface area contributed by atoms with Crippen LogP contribution < -0.4 is 5.32 Å². The average molecular weight is 173 g/mol.